The zero-order valence-electron chi connectivity index (χ0n) is 11.0. The molecule has 104 valence electrons. The van der Waals surface area contributed by atoms with Gasteiger partial charge in [-0.1, -0.05) is 13.8 Å². The van der Waals surface area contributed by atoms with Crippen molar-refractivity contribution in [2.45, 2.75) is 38.4 Å². The molecule has 0 aliphatic rings. The SMILES string of the molecule is COCCCc1nnc(S(N)(=O)=O)n1CC(C)C. The predicted molar refractivity (Wildman–Crippen MR) is 66.4 cm³/mol. The van der Waals surface area contributed by atoms with Gasteiger partial charge in [-0.2, -0.15) is 0 Å². The first-order chi connectivity index (χ1) is 8.36. The fourth-order valence-corrected chi connectivity index (χ4v) is 2.28. The van der Waals surface area contributed by atoms with Crippen molar-refractivity contribution in [2.24, 2.45) is 11.1 Å². The lowest BCUT2D eigenvalue weighted by Crippen LogP contribution is -2.21. The van der Waals surface area contributed by atoms with E-state index < -0.39 is 10.0 Å². The summed E-state index contributed by atoms with van der Waals surface area (Å²) in [4.78, 5) is 0. The molecule has 0 spiro atoms. The van der Waals surface area contributed by atoms with E-state index >= 15 is 0 Å². The molecule has 1 heterocycles. The number of aryl methyl sites for hydroxylation is 1. The van der Waals surface area contributed by atoms with Crippen LogP contribution in [0.3, 0.4) is 0 Å². The first kappa shape index (κ1) is 15.1. The molecule has 0 radical (unpaired) electrons. The smallest absolute Gasteiger partial charge is 0.273 e. The van der Waals surface area contributed by atoms with Crippen molar-refractivity contribution in [1.29, 1.82) is 0 Å². The lowest BCUT2D eigenvalue weighted by Gasteiger charge is -2.11. The van der Waals surface area contributed by atoms with E-state index in [1.165, 1.54) is 0 Å². The quantitative estimate of drug-likeness (QED) is 0.715. The van der Waals surface area contributed by atoms with Gasteiger partial charge in [0.1, 0.15) is 5.82 Å². The Morgan fingerprint density at radius 3 is 2.56 bits per heavy atom. The number of hydrogen-bond donors (Lipinski definition) is 1. The number of rotatable bonds is 7. The van der Waals surface area contributed by atoms with Gasteiger partial charge in [0.2, 0.25) is 0 Å². The Balaban J connectivity index is 3.00. The van der Waals surface area contributed by atoms with E-state index in [9.17, 15) is 8.42 Å². The second-order valence-electron chi connectivity index (χ2n) is 4.54. The van der Waals surface area contributed by atoms with Crippen LogP contribution in [0.4, 0.5) is 0 Å². The molecule has 0 unspecified atom stereocenters. The Hall–Kier alpha value is -0.990. The highest BCUT2D eigenvalue weighted by molar-refractivity contribution is 7.89. The normalized spacial score (nSPS) is 12.3. The van der Waals surface area contributed by atoms with Crippen LogP contribution in [0.5, 0.6) is 0 Å². The number of methoxy groups -OCH3 is 1. The number of nitrogens with zero attached hydrogens (tertiary/aromatic N) is 3. The van der Waals surface area contributed by atoms with Crippen LogP contribution in [-0.2, 0) is 27.7 Å². The second-order valence-corrected chi connectivity index (χ2v) is 6.00. The highest BCUT2D eigenvalue weighted by Crippen LogP contribution is 2.12. The molecule has 0 fully saturated rings. The highest BCUT2D eigenvalue weighted by Gasteiger charge is 2.21. The van der Waals surface area contributed by atoms with Crippen LogP contribution in [0.25, 0.3) is 0 Å². The van der Waals surface area contributed by atoms with Gasteiger partial charge < -0.3 is 9.30 Å². The zero-order valence-corrected chi connectivity index (χ0v) is 11.8. The highest BCUT2D eigenvalue weighted by atomic mass is 32.2. The largest absolute Gasteiger partial charge is 0.385 e. The van der Waals surface area contributed by atoms with E-state index in [2.05, 4.69) is 10.2 Å². The molecule has 0 aliphatic carbocycles. The van der Waals surface area contributed by atoms with Gasteiger partial charge in [0, 0.05) is 26.7 Å². The molecule has 0 atom stereocenters. The molecule has 1 aromatic rings. The summed E-state index contributed by atoms with van der Waals surface area (Å²) in [6.45, 7) is 5.11. The van der Waals surface area contributed by atoms with Crippen LogP contribution in [0.1, 0.15) is 26.1 Å². The van der Waals surface area contributed by atoms with E-state index in [1.54, 1.807) is 11.7 Å². The maximum Gasteiger partial charge on any atom is 0.273 e. The average molecular weight is 276 g/mol. The number of primary sulfonamides is 1. The van der Waals surface area contributed by atoms with Crippen LogP contribution in [0, 0.1) is 5.92 Å². The molecule has 8 heteroatoms. The summed E-state index contributed by atoms with van der Waals surface area (Å²) in [6, 6.07) is 0. The van der Waals surface area contributed by atoms with Gasteiger partial charge in [0.25, 0.3) is 15.2 Å². The van der Waals surface area contributed by atoms with Gasteiger partial charge in [-0.3, -0.25) is 0 Å². The molecule has 1 rings (SSSR count). The lowest BCUT2D eigenvalue weighted by molar-refractivity contribution is 0.194. The lowest BCUT2D eigenvalue weighted by atomic mass is 10.2. The summed E-state index contributed by atoms with van der Waals surface area (Å²) < 4.78 is 29.4. The minimum atomic E-state index is -3.83. The van der Waals surface area contributed by atoms with Gasteiger partial charge in [-0.25, -0.2) is 13.6 Å². The first-order valence-electron chi connectivity index (χ1n) is 5.80. The van der Waals surface area contributed by atoms with Gasteiger partial charge >= 0.3 is 0 Å². The Kier molecular flexibility index (Phi) is 5.24. The minimum Gasteiger partial charge on any atom is -0.385 e. The third-order valence-corrected chi connectivity index (χ3v) is 3.16. The molecule has 0 saturated carbocycles. The summed E-state index contributed by atoms with van der Waals surface area (Å²) in [5.74, 6) is 0.910. The maximum absolute atomic E-state index is 11.4. The standard InChI is InChI=1S/C10H20N4O3S/c1-8(2)7-14-9(5-4-6-17-3)12-13-10(14)18(11,15)16/h8H,4-7H2,1-3H3,(H2,11,15,16). The van der Waals surface area contributed by atoms with Gasteiger partial charge in [0.15, 0.2) is 0 Å². The summed E-state index contributed by atoms with van der Waals surface area (Å²) in [5, 5.41) is 12.5. The fraction of sp³-hybridized carbons (Fsp3) is 0.800. The molecule has 0 bridgehead atoms. The average Bonchev–Trinajstić information content (AvgIpc) is 2.60. The third-order valence-electron chi connectivity index (χ3n) is 2.34. The van der Waals surface area contributed by atoms with Crippen LogP contribution < -0.4 is 5.14 Å². The van der Waals surface area contributed by atoms with Crippen LogP contribution in [0.15, 0.2) is 5.16 Å². The van der Waals surface area contributed by atoms with Crippen molar-refractivity contribution in [3.8, 4) is 0 Å². The monoisotopic (exact) mass is 276 g/mol. The first-order valence-corrected chi connectivity index (χ1v) is 7.34. The predicted octanol–water partition coefficient (Wildman–Crippen LogP) is 0.161. The van der Waals surface area contributed by atoms with Gasteiger partial charge in [-0.05, 0) is 12.3 Å². The Bertz CT molecular complexity index is 481. The maximum atomic E-state index is 11.4. The summed E-state index contributed by atoms with van der Waals surface area (Å²) in [5.41, 5.74) is 0. The molecule has 18 heavy (non-hydrogen) atoms. The topological polar surface area (TPSA) is 100 Å². The third kappa shape index (κ3) is 4.04. The molecule has 2 N–H and O–H groups in total. The number of hydrogen-bond acceptors (Lipinski definition) is 5. The fourth-order valence-electron chi connectivity index (χ4n) is 1.64. The molecule has 0 aliphatic heterocycles. The van der Waals surface area contributed by atoms with Crippen molar-refractivity contribution >= 4 is 10.0 Å². The zero-order chi connectivity index (χ0) is 13.8. The number of aromatic nitrogens is 3. The van der Waals surface area contributed by atoms with E-state index in [-0.39, 0.29) is 11.1 Å². The summed E-state index contributed by atoms with van der Waals surface area (Å²) in [7, 11) is -2.21. The molecule has 0 aromatic carbocycles. The number of ether oxygens (including phenoxy) is 1. The molecule has 1 aromatic heterocycles. The van der Waals surface area contributed by atoms with Crippen molar-refractivity contribution in [2.75, 3.05) is 13.7 Å². The summed E-state index contributed by atoms with van der Waals surface area (Å²) >= 11 is 0. The second kappa shape index (κ2) is 6.26. The molecule has 0 amide bonds. The van der Waals surface area contributed by atoms with Gasteiger partial charge in [-0.15, -0.1) is 10.2 Å². The van der Waals surface area contributed by atoms with Crippen LogP contribution >= 0.6 is 0 Å². The Morgan fingerprint density at radius 1 is 1.39 bits per heavy atom. The van der Waals surface area contributed by atoms with Crippen molar-refractivity contribution < 1.29 is 13.2 Å². The Labute approximate surface area is 107 Å². The molecular weight excluding hydrogens is 256 g/mol. The minimum absolute atomic E-state index is 0.163. The van der Waals surface area contributed by atoms with Gasteiger partial charge in [0.05, 0.1) is 0 Å². The van der Waals surface area contributed by atoms with E-state index in [0.29, 0.717) is 25.4 Å². The Morgan fingerprint density at radius 2 is 2.06 bits per heavy atom. The van der Waals surface area contributed by atoms with Crippen LogP contribution in [-0.4, -0.2) is 36.9 Å². The van der Waals surface area contributed by atoms with Crippen molar-refractivity contribution in [3.05, 3.63) is 5.82 Å². The van der Waals surface area contributed by atoms with Crippen molar-refractivity contribution in [3.63, 3.8) is 0 Å². The molecular formula is C10H20N4O3S. The van der Waals surface area contributed by atoms with E-state index in [0.717, 1.165) is 6.42 Å². The van der Waals surface area contributed by atoms with E-state index in [1.807, 2.05) is 13.8 Å². The van der Waals surface area contributed by atoms with Crippen LogP contribution in [0.2, 0.25) is 0 Å². The number of nitrogens with two attached hydrogens (primary N) is 1. The van der Waals surface area contributed by atoms with E-state index in [4.69, 9.17) is 9.88 Å². The molecule has 7 nitrogen and oxygen atoms in total. The summed E-state index contributed by atoms with van der Waals surface area (Å²) in [6.07, 6.45) is 1.38. The molecule has 0 saturated heterocycles. The number of sulfonamides is 1. The van der Waals surface area contributed by atoms with Crippen molar-refractivity contribution in [1.82, 2.24) is 14.8 Å².